The van der Waals surface area contributed by atoms with E-state index in [0.29, 0.717) is 11.3 Å². The van der Waals surface area contributed by atoms with Crippen LogP contribution in [0.25, 0.3) is 0 Å². The minimum absolute atomic E-state index is 0.0253. The Morgan fingerprint density at radius 3 is 2.50 bits per heavy atom. The molecule has 0 fully saturated rings. The maximum atomic E-state index is 10.9. The molecule has 0 N–H and O–H groups in total. The van der Waals surface area contributed by atoms with Crippen LogP contribution >= 0.6 is 0 Å². The van der Waals surface area contributed by atoms with Gasteiger partial charge in [-0.25, -0.2) is 0 Å². The molecule has 0 saturated carbocycles. The maximum absolute atomic E-state index is 10.9. The third kappa shape index (κ3) is 3.07. The zero-order valence-corrected chi connectivity index (χ0v) is 10.2. The van der Waals surface area contributed by atoms with Crippen LogP contribution in [-0.2, 0) is 10.2 Å². The highest BCUT2D eigenvalue weighted by Gasteiger charge is 2.15. The highest BCUT2D eigenvalue weighted by Crippen LogP contribution is 2.27. The van der Waals surface area contributed by atoms with Gasteiger partial charge in [0.25, 0.3) is 0 Å². The lowest BCUT2D eigenvalue weighted by molar-refractivity contribution is 0.0505. The van der Waals surface area contributed by atoms with Crippen molar-refractivity contribution in [2.24, 2.45) is 0 Å². The van der Waals surface area contributed by atoms with E-state index in [4.69, 9.17) is 9.47 Å². The van der Waals surface area contributed by atoms with Gasteiger partial charge in [0.2, 0.25) is 0 Å². The van der Waals surface area contributed by atoms with E-state index < -0.39 is 0 Å². The molecule has 0 saturated heterocycles. The summed E-state index contributed by atoms with van der Waals surface area (Å²) in [4.78, 5) is 10.9. The average Bonchev–Trinajstić information content (AvgIpc) is 2.24. The Morgan fingerprint density at radius 1 is 1.31 bits per heavy atom. The molecule has 0 atom stereocenters. The van der Waals surface area contributed by atoms with Crippen LogP contribution in [0.4, 0.5) is 0 Å². The van der Waals surface area contributed by atoms with Crippen LogP contribution in [0.5, 0.6) is 5.75 Å². The molecule has 88 valence electrons. The molecule has 0 aliphatic heterocycles. The molecule has 3 nitrogen and oxygen atoms in total. The topological polar surface area (TPSA) is 35.5 Å². The first-order valence-corrected chi connectivity index (χ1v) is 5.20. The Hall–Kier alpha value is -1.35. The molecule has 0 aromatic heterocycles. The number of hydrogen-bond donors (Lipinski definition) is 0. The van der Waals surface area contributed by atoms with Crippen molar-refractivity contribution in [3.05, 3.63) is 29.3 Å². The zero-order valence-electron chi connectivity index (χ0n) is 10.2. The fraction of sp³-hybridized carbons (Fsp3) is 0.462. The summed E-state index contributed by atoms with van der Waals surface area (Å²) in [5.41, 5.74) is 1.70. The van der Waals surface area contributed by atoms with Gasteiger partial charge in [-0.2, -0.15) is 0 Å². The van der Waals surface area contributed by atoms with E-state index in [2.05, 4.69) is 20.8 Å². The molecule has 1 aromatic rings. The minimum atomic E-state index is 0.0253. The van der Waals surface area contributed by atoms with Crippen molar-refractivity contribution in [3.63, 3.8) is 0 Å². The molecule has 0 heterocycles. The molecule has 0 aliphatic rings. The van der Waals surface area contributed by atoms with E-state index in [1.54, 1.807) is 7.11 Å². The van der Waals surface area contributed by atoms with E-state index >= 15 is 0 Å². The Kier molecular flexibility index (Phi) is 4.07. The lowest BCUT2D eigenvalue weighted by atomic mass is 9.86. The summed E-state index contributed by atoms with van der Waals surface area (Å²) in [6.45, 7) is 6.46. The number of aldehydes is 1. The van der Waals surface area contributed by atoms with Crippen molar-refractivity contribution in [2.75, 3.05) is 13.9 Å². The predicted octanol–water partition coefficient (Wildman–Crippen LogP) is 2.78. The minimum Gasteiger partial charge on any atom is -0.467 e. The summed E-state index contributed by atoms with van der Waals surface area (Å²) < 4.78 is 10.1. The lowest BCUT2D eigenvalue weighted by Gasteiger charge is -2.20. The van der Waals surface area contributed by atoms with Crippen LogP contribution in [0, 0.1) is 0 Å². The Morgan fingerprint density at radius 2 is 2.00 bits per heavy atom. The summed E-state index contributed by atoms with van der Waals surface area (Å²) in [7, 11) is 1.55. The number of carbonyl (C=O) groups excluding carboxylic acids is 1. The first-order valence-electron chi connectivity index (χ1n) is 5.20. The molecule has 0 aliphatic carbocycles. The zero-order chi connectivity index (χ0) is 12.2. The van der Waals surface area contributed by atoms with Gasteiger partial charge < -0.3 is 9.47 Å². The van der Waals surface area contributed by atoms with Crippen LogP contribution < -0.4 is 4.74 Å². The molecule has 16 heavy (non-hydrogen) atoms. The Bertz CT molecular complexity index is 364. The van der Waals surface area contributed by atoms with Gasteiger partial charge in [-0.05, 0) is 23.1 Å². The summed E-state index contributed by atoms with van der Waals surface area (Å²) in [5.74, 6) is 0.560. The van der Waals surface area contributed by atoms with Gasteiger partial charge in [0.05, 0.1) is 5.56 Å². The van der Waals surface area contributed by atoms with Crippen LogP contribution in [0.15, 0.2) is 18.2 Å². The van der Waals surface area contributed by atoms with Gasteiger partial charge >= 0.3 is 0 Å². The van der Waals surface area contributed by atoms with E-state index in [0.717, 1.165) is 11.8 Å². The number of rotatable bonds is 4. The van der Waals surface area contributed by atoms with Gasteiger partial charge in [-0.3, -0.25) is 4.79 Å². The fourth-order valence-corrected chi connectivity index (χ4v) is 1.36. The van der Waals surface area contributed by atoms with Crippen LogP contribution in [0.2, 0.25) is 0 Å². The largest absolute Gasteiger partial charge is 0.467 e. The molecule has 1 rings (SSSR count). The second-order valence-corrected chi connectivity index (χ2v) is 4.67. The quantitative estimate of drug-likeness (QED) is 0.580. The number of ether oxygens (including phenoxy) is 2. The standard InChI is InChI=1S/C13H18O3/c1-13(2,3)11-5-6-12(16-9-15-4)10(7-11)8-14/h5-8H,9H2,1-4H3. The number of methoxy groups -OCH3 is 1. The first-order chi connectivity index (χ1) is 7.49. The van der Waals surface area contributed by atoms with Gasteiger partial charge in [0.1, 0.15) is 5.75 Å². The van der Waals surface area contributed by atoms with E-state index in [9.17, 15) is 4.79 Å². The van der Waals surface area contributed by atoms with E-state index in [1.165, 1.54) is 0 Å². The summed E-state index contributed by atoms with van der Waals surface area (Å²) in [5, 5.41) is 0. The Labute approximate surface area is 96.4 Å². The summed E-state index contributed by atoms with van der Waals surface area (Å²) in [6.07, 6.45) is 0.806. The van der Waals surface area contributed by atoms with Gasteiger partial charge in [-0.1, -0.05) is 26.8 Å². The lowest BCUT2D eigenvalue weighted by Crippen LogP contribution is -2.12. The molecular weight excluding hydrogens is 204 g/mol. The van der Waals surface area contributed by atoms with Gasteiger partial charge in [0.15, 0.2) is 13.1 Å². The van der Waals surface area contributed by atoms with Crippen molar-refractivity contribution in [2.45, 2.75) is 26.2 Å². The fourth-order valence-electron chi connectivity index (χ4n) is 1.36. The third-order valence-electron chi connectivity index (χ3n) is 2.34. The highest BCUT2D eigenvalue weighted by atomic mass is 16.7. The molecule has 0 amide bonds. The number of benzene rings is 1. The first kappa shape index (κ1) is 12.7. The third-order valence-corrected chi connectivity index (χ3v) is 2.34. The second kappa shape index (κ2) is 5.12. The van der Waals surface area contributed by atoms with Gasteiger partial charge in [-0.15, -0.1) is 0 Å². The Balaban J connectivity index is 3.02. The summed E-state index contributed by atoms with van der Waals surface area (Å²) >= 11 is 0. The molecule has 0 bridgehead atoms. The van der Waals surface area contributed by atoms with Crippen molar-refractivity contribution >= 4 is 6.29 Å². The normalized spacial score (nSPS) is 11.2. The van der Waals surface area contributed by atoms with Crippen molar-refractivity contribution in [1.29, 1.82) is 0 Å². The highest BCUT2D eigenvalue weighted by molar-refractivity contribution is 5.79. The molecule has 3 heteroatoms. The molecule has 0 spiro atoms. The SMILES string of the molecule is COCOc1ccc(C(C)(C)C)cc1C=O. The maximum Gasteiger partial charge on any atom is 0.188 e. The van der Waals surface area contributed by atoms with E-state index in [-0.39, 0.29) is 12.2 Å². The van der Waals surface area contributed by atoms with E-state index in [1.807, 2.05) is 18.2 Å². The van der Waals surface area contributed by atoms with Crippen LogP contribution in [0.3, 0.4) is 0 Å². The number of hydrogen-bond acceptors (Lipinski definition) is 3. The van der Waals surface area contributed by atoms with Crippen molar-refractivity contribution < 1.29 is 14.3 Å². The van der Waals surface area contributed by atoms with Crippen molar-refractivity contribution in [1.82, 2.24) is 0 Å². The number of carbonyl (C=O) groups is 1. The smallest absolute Gasteiger partial charge is 0.188 e. The molecular formula is C13H18O3. The second-order valence-electron chi connectivity index (χ2n) is 4.67. The molecule has 0 unspecified atom stereocenters. The van der Waals surface area contributed by atoms with Crippen LogP contribution in [0.1, 0.15) is 36.7 Å². The van der Waals surface area contributed by atoms with Crippen molar-refractivity contribution in [3.8, 4) is 5.75 Å². The van der Waals surface area contributed by atoms with Crippen LogP contribution in [-0.4, -0.2) is 20.2 Å². The average molecular weight is 222 g/mol. The molecule has 1 aromatic carbocycles. The summed E-state index contributed by atoms with van der Waals surface area (Å²) in [6, 6.07) is 5.64. The predicted molar refractivity (Wildman–Crippen MR) is 63.0 cm³/mol. The molecule has 0 radical (unpaired) electrons. The van der Waals surface area contributed by atoms with Gasteiger partial charge in [0, 0.05) is 7.11 Å². The monoisotopic (exact) mass is 222 g/mol.